The van der Waals surface area contributed by atoms with Crippen LogP contribution < -0.4 is 0 Å². The van der Waals surface area contributed by atoms with E-state index in [2.05, 4.69) is 35.9 Å². The van der Waals surface area contributed by atoms with Gasteiger partial charge in [-0.2, -0.15) is 0 Å². The number of aromatic amines is 1. The molecule has 3 rings (SSSR count). The molecule has 1 aromatic heterocycles. The summed E-state index contributed by atoms with van der Waals surface area (Å²) in [5.74, 6) is 1.45. The van der Waals surface area contributed by atoms with Crippen LogP contribution in [0.15, 0.2) is 23.4 Å². The van der Waals surface area contributed by atoms with Gasteiger partial charge in [-0.05, 0) is 56.2 Å². The molecule has 1 aromatic carbocycles. The minimum atomic E-state index is 0.200. The third-order valence-electron chi connectivity index (χ3n) is 4.87. The number of carbonyl (C=O) groups excluding carboxylic acids is 1. The Balaban J connectivity index is 1.57. The summed E-state index contributed by atoms with van der Waals surface area (Å²) in [7, 11) is 1.95. The van der Waals surface area contributed by atoms with Crippen molar-refractivity contribution < 1.29 is 4.79 Å². The van der Waals surface area contributed by atoms with Crippen LogP contribution in [0.5, 0.6) is 0 Å². The van der Waals surface area contributed by atoms with Crippen LogP contribution in [0.25, 0.3) is 11.0 Å². The third-order valence-corrected chi connectivity index (χ3v) is 5.73. The van der Waals surface area contributed by atoms with Crippen molar-refractivity contribution in [3.8, 4) is 0 Å². The Hall–Kier alpha value is -1.49. The fourth-order valence-electron chi connectivity index (χ4n) is 3.23. The zero-order valence-electron chi connectivity index (χ0n) is 14.1. The van der Waals surface area contributed by atoms with E-state index in [0.29, 0.717) is 11.8 Å². The number of imidazole rings is 1. The second-order valence-electron chi connectivity index (χ2n) is 6.77. The molecule has 0 aliphatic heterocycles. The molecule has 1 fully saturated rings. The molecular weight excluding hydrogens is 306 g/mol. The molecule has 5 heteroatoms. The molecule has 1 aliphatic rings. The standard InChI is InChI=1S/C18H25N3OS/c1-12-4-7-14(8-5-12)21(3)17(22)11-23-18-19-15-9-6-13(2)10-16(15)20-18/h6,9-10,12,14H,4-5,7-8,11H2,1-3H3,(H,19,20). The quantitative estimate of drug-likeness (QED) is 0.862. The lowest BCUT2D eigenvalue weighted by molar-refractivity contribution is -0.129. The minimum Gasteiger partial charge on any atom is -0.342 e. The van der Waals surface area contributed by atoms with E-state index in [1.807, 2.05) is 18.0 Å². The number of benzene rings is 1. The minimum absolute atomic E-state index is 0.200. The molecule has 0 spiro atoms. The van der Waals surface area contributed by atoms with Crippen molar-refractivity contribution in [3.05, 3.63) is 23.8 Å². The highest BCUT2D eigenvalue weighted by Crippen LogP contribution is 2.27. The van der Waals surface area contributed by atoms with Crippen LogP contribution in [0.2, 0.25) is 0 Å². The van der Waals surface area contributed by atoms with Gasteiger partial charge in [0.25, 0.3) is 0 Å². The van der Waals surface area contributed by atoms with Crippen LogP contribution in [0.4, 0.5) is 0 Å². The number of H-pyrrole nitrogens is 1. The Kier molecular flexibility index (Phi) is 4.95. The number of hydrogen-bond donors (Lipinski definition) is 1. The Morgan fingerprint density at radius 2 is 2.09 bits per heavy atom. The molecule has 2 aromatic rings. The maximum absolute atomic E-state index is 12.4. The average molecular weight is 331 g/mol. The maximum atomic E-state index is 12.4. The number of rotatable bonds is 4. The fraction of sp³-hybridized carbons (Fsp3) is 0.556. The summed E-state index contributed by atoms with van der Waals surface area (Å²) in [5.41, 5.74) is 3.20. The molecule has 0 unspecified atom stereocenters. The van der Waals surface area contributed by atoms with Crippen LogP contribution in [0, 0.1) is 12.8 Å². The lowest BCUT2D eigenvalue weighted by atomic mass is 9.87. The summed E-state index contributed by atoms with van der Waals surface area (Å²) in [6, 6.07) is 6.57. The Labute approximate surface area is 142 Å². The summed E-state index contributed by atoms with van der Waals surface area (Å²) >= 11 is 1.50. The Bertz CT molecular complexity index is 689. The molecule has 0 saturated heterocycles. The molecule has 4 nitrogen and oxygen atoms in total. The van der Waals surface area contributed by atoms with Gasteiger partial charge in [0.15, 0.2) is 5.16 Å². The maximum Gasteiger partial charge on any atom is 0.233 e. The topological polar surface area (TPSA) is 49.0 Å². The van der Waals surface area contributed by atoms with E-state index < -0.39 is 0 Å². The number of amides is 1. The second kappa shape index (κ2) is 6.95. The van der Waals surface area contributed by atoms with Crippen molar-refractivity contribution in [1.29, 1.82) is 0 Å². The average Bonchev–Trinajstić information content (AvgIpc) is 2.94. The van der Waals surface area contributed by atoms with Gasteiger partial charge in [-0.1, -0.05) is 24.8 Å². The fourth-order valence-corrected chi connectivity index (χ4v) is 4.04. The molecular formula is C18H25N3OS. The zero-order valence-corrected chi connectivity index (χ0v) is 14.9. The lowest BCUT2D eigenvalue weighted by Crippen LogP contribution is -2.40. The summed E-state index contributed by atoms with van der Waals surface area (Å²) < 4.78 is 0. The molecule has 0 bridgehead atoms. The summed E-state index contributed by atoms with van der Waals surface area (Å²) in [4.78, 5) is 22.2. The summed E-state index contributed by atoms with van der Waals surface area (Å²) in [5, 5.41) is 0.824. The largest absolute Gasteiger partial charge is 0.342 e. The SMILES string of the molecule is Cc1ccc2nc(SCC(=O)N(C)C3CCC(C)CC3)[nH]c2c1. The van der Waals surface area contributed by atoms with Crippen molar-refractivity contribution >= 4 is 28.7 Å². The third kappa shape index (κ3) is 3.89. The van der Waals surface area contributed by atoms with Crippen LogP contribution in [-0.4, -0.2) is 39.6 Å². The lowest BCUT2D eigenvalue weighted by Gasteiger charge is -2.33. The molecule has 0 radical (unpaired) electrons. The first kappa shape index (κ1) is 16.4. The number of fused-ring (bicyclic) bond motifs is 1. The molecule has 1 aliphatic carbocycles. The number of nitrogens with zero attached hydrogens (tertiary/aromatic N) is 2. The number of nitrogens with one attached hydrogen (secondary N) is 1. The van der Waals surface area contributed by atoms with Crippen molar-refractivity contribution in [1.82, 2.24) is 14.9 Å². The van der Waals surface area contributed by atoms with E-state index in [4.69, 9.17) is 0 Å². The molecule has 1 heterocycles. The van der Waals surface area contributed by atoms with Gasteiger partial charge in [-0.3, -0.25) is 4.79 Å². The number of carbonyl (C=O) groups is 1. The van der Waals surface area contributed by atoms with Crippen molar-refractivity contribution in [2.75, 3.05) is 12.8 Å². The second-order valence-corrected chi connectivity index (χ2v) is 7.73. The van der Waals surface area contributed by atoms with E-state index in [0.717, 1.165) is 34.9 Å². The van der Waals surface area contributed by atoms with Gasteiger partial charge in [0.05, 0.1) is 16.8 Å². The van der Waals surface area contributed by atoms with Crippen LogP contribution >= 0.6 is 11.8 Å². The normalized spacial score (nSPS) is 21.5. The van der Waals surface area contributed by atoms with E-state index in [1.165, 1.54) is 30.2 Å². The highest BCUT2D eigenvalue weighted by molar-refractivity contribution is 7.99. The molecule has 1 saturated carbocycles. The summed E-state index contributed by atoms with van der Waals surface area (Å²) in [6.07, 6.45) is 4.74. The number of aromatic nitrogens is 2. The van der Waals surface area contributed by atoms with E-state index in [-0.39, 0.29) is 5.91 Å². The molecule has 124 valence electrons. The van der Waals surface area contributed by atoms with E-state index >= 15 is 0 Å². The predicted octanol–water partition coefficient (Wildman–Crippen LogP) is 4.00. The number of aryl methyl sites for hydroxylation is 1. The monoisotopic (exact) mass is 331 g/mol. The van der Waals surface area contributed by atoms with E-state index in [1.54, 1.807) is 0 Å². The van der Waals surface area contributed by atoms with Crippen molar-refractivity contribution in [2.45, 2.75) is 50.7 Å². The zero-order chi connectivity index (χ0) is 16.4. The van der Waals surface area contributed by atoms with Crippen molar-refractivity contribution in [3.63, 3.8) is 0 Å². The Morgan fingerprint density at radius 3 is 2.83 bits per heavy atom. The van der Waals surface area contributed by atoms with Crippen molar-refractivity contribution in [2.24, 2.45) is 5.92 Å². The highest BCUT2D eigenvalue weighted by atomic mass is 32.2. The van der Waals surface area contributed by atoms with Gasteiger partial charge in [0.2, 0.25) is 5.91 Å². The smallest absolute Gasteiger partial charge is 0.233 e. The van der Waals surface area contributed by atoms with Crippen LogP contribution in [0.1, 0.15) is 38.2 Å². The van der Waals surface area contributed by atoms with Crippen LogP contribution in [-0.2, 0) is 4.79 Å². The van der Waals surface area contributed by atoms with Gasteiger partial charge < -0.3 is 9.88 Å². The highest BCUT2D eigenvalue weighted by Gasteiger charge is 2.24. The molecule has 0 atom stereocenters. The van der Waals surface area contributed by atoms with Gasteiger partial charge >= 0.3 is 0 Å². The predicted molar refractivity (Wildman–Crippen MR) is 95.7 cm³/mol. The van der Waals surface area contributed by atoms with Gasteiger partial charge in [0, 0.05) is 13.1 Å². The molecule has 23 heavy (non-hydrogen) atoms. The Morgan fingerprint density at radius 1 is 1.35 bits per heavy atom. The molecule has 1 amide bonds. The van der Waals surface area contributed by atoms with E-state index in [9.17, 15) is 4.79 Å². The number of hydrogen-bond acceptors (Lipinski definition) is 3. The van der Waals surface area contributed by atoms with Crippen LogP contribution in [0.3, 0.4) is 0 Å². The molecule has 1 N–H and O–H groups in total. The first-order valence-corrected chi connectivity index (χ1v) is 9.36. The van der Waals surface area contributed by atoms with Gasteiger partial charge in [0.1, 0.15) is 0 Å². The first-order chi connectivity index (χ1) is 11.0. The summed E-state index contributed by atoms with van der Waals surface area (Å²) in [6.45, 7) is 4.37. The first-order valence-electron chi connectivity index (χ1n) is 8.38. The van der Waals surface area contributed by atoms with Gasteiger partial charge in [-0.15, -0.1) is 0 Å². The van der Waals surface area contributed by atoms with Gasteiger partial charge in [-0.25, -0.2) is 4.98 Å². The number of thioether (sulfide) groups is 1.